The van der Waals surface area contributed by atoms with Crippen LogP contribution in [0, 0.1) is 5.82 Å². The van der Waals surface area contributed by atoms with E-state index in [-0.39, 0.29) is 36.9 Å². The number of ether oxygens (including phenoxy) is 1. The van der Waals surface area contributed by atoms with Crippen LogP contribution in [0.3, 0.4) is 0 Å². The molecule has 9 heteroatoms. The first kappa shape index (κ1) is 18.5. The van der Waals surface area contributed by atoms with Crippen molar-refractivity contribution in [2.24, 2.45) is 7.05 Å². The van der Waals surface area contributed by atoms with E-state index in [1.54, 1.807) is 16.8 Å². The summed E-state index contributed by atoms with van der Waals surface area (Å²) in [4.78, 5) is 2.19. The van der Waals surface area contributed by atoms with Gasteiger partial charge >= 0.3 is 0 Å². The van der Waals surface area contributed by atoms with Crippen molar-refractivity contribution in [1.82, 2.24) is 19.0 Å². The van der Waals surface area contributed by atoms with E-state index in [0.29, 0.717) is 25.2 Å². The second kappa shape index (κ2) is 7.31. The first-order valence-corrected chi connectivity index (χ1v) is 10.6. The molecule has 0 spiro atoms. The van der Waals surface area contributed by atoms with Gasteiger partial charge < -0.3 is 4.74 Å². The van der Waals surface area contributed by atoms with Gasteiger partial charge in [-0.1, -0.05) is 12.1 Å². The lowest BCUT2D eigenvalue weighted by molar-refractivity contribution is 0.0458. The van der Waals surface area contributed by atoms with Crippen LogP contribution in [0.2, 0.25) is 0 Å². The van der Waals surface area contributed by atoms with E-state index in [1.807, 2.05) is 19.4 Å². The van der Waals surface area contributed by atoms with Crippen LogP contribution in [0.4, 0.5) is 4.39 Å². The summed E-state index contributed by atoms with van der Waals surface area (Å²) in [5.74, 6) is -0.407. The largest absolute Gasteiger partial charge is 0.374 e. The summed E-state index contributed by atoms with van der Waals surface area (Å²) in [6.45, 7) is 2.27. The molecule has 2 aromatic rings. The molecule has 2 aliphatic heterocycles. The Morgan fingerprint density at radius 3 is 2.85 bits per heavy atom. The number of sulfonamides is 1. The smallest absolute Gasteiger partial charge is 0.217 e. The number of nitrogens with zero attached hydrogens (tertiary/aromatic N) is 4. The molecule has 7 nitrogen and oxygen atoms in total. The summed E-state index contributed by atoms with van der Waals surface area (Å²) >= 11 is 0. The van der Waals surface area contributed by atoms with E-state index < -0.39 is 10.0 Å². The van der Waals surface area contributed by atoms with Gasteiger partial charge in [-0.15, -0.1) is 0 Å². The van der Waals surface area contributed by atoms with Crippen LogP contribution in [0.1, 0.15) is 11.1 Å². The number of benzene rings is 1. The normalized spacial score (nSPS) is 26.0. The Morgan fingerprint density at radius 2 is 2.11 bits per heavy atom. The SMILES string of the molecule is Cn1cc(CN2C[C@@H]3OCCS(=O)(=O)N(Cc4cccc(F)c4)[C@@H]3C2)cn1. The van der Waals surface area contributed by atoms with Crippen LogP contribution in [0.5, 0.6) is 0 Å². The lowest BCUT2D eigenvalue weighted by Crippen LogP contribution is -2.45. The molecular formula is C18H23FN4O3S. The standard InChI is InChI=1S/C18H23FN4O3S/c1-21-9-15(8-20-21)10-22-12-17-18(13-22)26-5-6-27(24,25)23(17)11-14-3-2-4-16(19)7-14/h2-4,7-9,17-18H,5-6,10-13H2,1H3/t17-,18+/m1/s1. The number of fused-ring (bicyclic) bond motifs is 1. The molecule has 2 fully saturated rings. The van der Waals surface area contributed by atoms with Crippen LogP contribution in [-0.2, 0) is 34.9 Å². The zero-order valence-electron chi connectivity index (χ0n) is 15.2. The Hall–Kier alpha value is -1.81. The van der Waals surface area contributed by atoms with Gasteiger partial charge in [0.15, 0.2) is 0 Å². The molecule has 3 heterocycles. The Balaban J connectivity index is 1.56. The molecule has 0 aliphatic carbocycles. The number of aryl methyl sites for hydroxylation is 1. The topological polar surface area (TPSA) is 67.7 Å². The highest BCUT2D eigenvalue weighted by Crippen LogP contribution is 2.28. The third-order valence-corrected chi connectivity index (χ3v) is 6.90. The molecule has 146 valence electrons. The second-order valence-electron chi connectivity index (χ2n) is 7.18. The van der Waals surface area contributed by atoms with Gasteiger partial charge in [-0.25, -0.2) is 12.8 Å². The minimum atomic E-state index is -3.47. The minimum Gasteiger partial charge on any atom is -0.374 e. The molecule has 0 bridgehead atoms. The molecule has 27 heavy (non-hydrogen) atoms. The summed E-state index contributed by atoms with van der Waals surface area (Å²) in [7, 11) is -1.61. The monoisotopic (exact) mass is 394 g/mol. The average Bonchev–Trinajstić information content (AvgIpc) is 3.16. The lowest BCUT2D eigenvalue weighted by Gasteiger charge is -2.28. The predicted molar refractivity (Wildman–Crippen MR) is 97.7 cm³/mol. The molecule has 4 rings (SSSR count). The van der Waals surface area contributed by atoms with Crippen molar-refractivity contribution in [2.75, 3.05) is 25.4 Å². The van der Waals surface area contributed by atoms with Crippen LogP contribution in [0.25, 0.3) is 0 Å². The molecule has 0 radical (unpaired) electrons. The zero-order chi connectivity index (χ0) is 19.0. The molecule has 2 atom stereocenters. The summed E-state index contributed by atoms with van der Waals surface area (Å²) < 4.78 is 48.3. The fraction of sp³-hybridized carbons (Fsp3) is 0.500. The van der Waals surface area contributed by atoms with Crippen LogP contribution in [-0.4, -0.2) is 65.0 Å². The number of hydrogen-bond acceptors (Lipinski definition) is 5. The molecule has 2 saturated heterocycles. The summed E-state index contributed by atoms with van der Waals surface area (Å²) in [6, 6.07) is 5.82. The molecule has 1 aromatic carbocycles. The Bertz CT molecular complexity index is 917. The molecule has 1 aromatic heterocycles. The number of halogens is 1. The molecule has 0 unspecified atom stereocenters. The molecule has 0 amide bonds. The molecule has 0 saturated carbocycles. The zero-order valence-corrected chi connectivity index (χ0v) is 16.0. The number of likely N-dealkylation sites (tertiary alicyclic amines) is 1. The van der Waals surface area contributed by atoms with Gasteiger partial charge in [0, 0.05) is 45.0 Å². The van der Waals surface area contributed by atoms with Crippen molar-refractivity contribution in [3.8, 4) is 0 Å². The van der Waals surface area contributed by atoms with Gasteiger partial charge in [0.05, 0.1) is 30.7 Å². The Kier molecular flexibility index (Phi) is 5.02. The minimum absolute atomic E-state index is 0.0437. The molecular weight excluding hydrogens is 371 g/mol. The maximum absolute atomic E-state index is 13.6. The maximum Gasteiger partial charge on any atom is 0.217 e. The predicted octanol–water partition coefficient (Wildman–Crippen LogP) is 0.974. The van der Waals surface area contributed by atoms with E-state index in [2.05, 4.69) is 10.00 Å². The first-order chi connectivity index (χ1) is 12.9. The van der Waals surface area contributed by atoms with E-state index >= 15 is 0 Å². The third kappa shape index (κ3) is 4.06. The van der Waals surface area contributed by atoms with Crippen molar-refractivity contribution in [2.45, 2.75) is 25.2 Å². The summed E-state index contributed by atoms with van der Waals surface area (Å²) in [5, 5.41) is 4.18. The molecule has 0 N–H and O–H groups in total. The van der Waals surface area contributed by atoms with Gasteiger partial charge in [0.2, 0.25) is 10.0 Å². The highest BCUT2D eigenvalue weighted by Gasteiger charge is 2.44. The quantitative estimate of drug-likeness (QED) is 0.773. The fourth-order valence-electron chi connectivity index (χ4n) is 3.87. The second-order valence-corrected chi connectivity index (χ2v) is 9.23. The third-order valence-electron chi connectivity index (χ3n) is 5.10. The Morgan fingerprint density at radius 1 is 1.26 bits per heavy atom. The van der Waals surface area contributed by atoms with Crippen LogP contribution >= 0.6 is 0 Å². The number of aromatic nitrogens is 2. The summed E-state index contributed by atoms with van der Waals surface area (Å²) in [5.41, 5.74) is 1.72. The van der Waals surface area contributed by atoms with E-state index in [4.69, 9.17) is 4.74 Å². The van der Waals surface area contributed by atoms with Crippen molar-refractivity contribution >= 4 is 10.0 Å². The number of hydrogen-bond donors (Lipinski definition) is 0. The average molecular weight is 394 g/mol. The van der Waals surface area contributed by atoms with Gasteiger partial charge in [0.1, 0.15) is 5.82 Å². The van der Waals surface area contributed by atoms with Gasteiger partial charge in [0.25, 0.3) is 0 Å². The van der Waals surface area contributed by atoms with Crippen molar-refractivity contribution in [1.29, 1.82) is 0 Å². The van der Waals surface area contributed by atoms with E-state index in [1.165, 1.54) is 16.4 Å². The van der Waals surface area contributed by atoms with Gasteiger partial charge in [-0.05, 0) is 17.7 Å². The number of rotatable bonds is 4. The highest BCUT2D eigenvalue weighted by molar-refractivity contribution is 7.89. The van der Waals surface area contributed by atoms with Crippen molar-refractivity contribution in [3.63, 3.8) is 0 Å². The van der Waals surface area contributed by atoms with E-state index in [0.717, 1.165) is 5.56 Å². The Labute approximate surface area is 158 Å². The van der Waals surface area contributed by atoms with E-state index in [9.17, 15) is 12.8 Å². The lowest BCUT2D eigenvalue weighted by atomic mass is 10.1. The summed E-state index contributed by atoms with van der Waals surface area (Å²) in [6.07, 6.45) is 3.58. The van der Waals surface area contributed by atoms with Crippen molar-refractivity contribution in [3.05, 3.63) is 53.6 Å². The fourth-order valence-corrected chi connectivity index (χ4v) is 5.38. The van der Waals surface area contributed by atoms with Crippen molar-refractivity contribution < 1.29 is 17.5 Å². The molecule has 2 aliphatic rings. The van der Waals surface area contributed by atoms with Gasteiger partial charge in [-0.2, -0.15) is 9.40 Å². The van der Waals surface area contributed by atoms with Crippen LogP contribution in [0.15, 0.2) is 36.7 Å². The highest BCUT2D eigenvalue weighted by atomic mass is 32.2. The van der Waals surface area contributed by atoms with Gasteiger partial charge in [-0.3, -0.25) is 9.58 Å². The maximum atomic E-state index is 13.6. The van der Waals surface area contributed by atoms with Crippen LogP contribution < -0.4 is 0 Å². The first-order valence-electron chi connectivity index (χ1n) is 8.96.